The van der Waals surface area contributed by atoms with Crippen molar-refractivity contribution < 1.29 is 18.9 Å². The van der Waals surface area contributed by atoms with Crippen LogP contribution in [0.4, 0.5) is 10.2 Å². The van der Waals surface area contributed by atoms with E-state index in [1.807, 2.05) is 24.4 Å². The molecule has 7 heteroatoms. The molecule has 1 aromatic carbocycles. The molecule has 2 heterocycles. The number of H-pyrrole nitrogens is 1. The summed E-state index contributed by atoms with van der Waals surface area (Å²) in [6.07, 6.45) is 1.88. The Bertz CT molecular complexity index is 706. The summed E-state index contributed by atoms with van der Waals surface area (Å²) >= 11 is 5.69. The number of aromatic nitrogens is 1. The SMILES string of the molecule is O=C(COc1ccc(F)c(Cl)c1)N1CCN(c2cccc[nH+]2)CC1. The Morgan fingerprint density at radius 2 is 2.00 bits per heavy atom. The van der Waals surface area contributed by atoms with Gasteiger partial charge >= 0.3 is 0 Å². The molecule has 2 aromatic rings. The number of aromatic amines is 1. The van der Waals surface area contributed by atoms with E-state index in [0.717, 1.165) is 18.9 Å². The average Bonchev–Trinajstić information content (AvgIpc) is 2.63. The first kappa shape index (κ1) is 16.5. The minimum absolute atomic E-state index is 0.0207. The van der Waals surface area contributed by atoms with Gasteiger partial charge in [-0.15, -0.1) is 0 Å². The van der Waals surface area contributed by atoms with E-state index in [1.165, 1.54) is 18.2 Å². The molecule has 0 bridgehead atoms. The maximum absolute atomic E-state index is 13.1. The third-order valence-electron chi connectivity index (χ3n) is 3.92. The highest BCUT2D eigenvalue weighted by molar-refractivity contribution is 6.30. The maximum Gasteiger partial charge on any atom is 0.274 e. The summed E-state index contributed by atoms with van der Waals surface area (Å²) in [4.78, 5) is 19.4. The Labute approximate surface area is 144 Å². The van der Waals surface area contributed by atoms with Crippen LogP contribution < -0.4 is 14.6 Å². The van der Waals surface area contributed by atoms with Gasteiger partial charge in [-0.05, 0) is 18.2 Å². The Kier molecular flexibility index (Phi) is 5.15. The van der Waals surface area contributed by atoms with Crippen molar-refractivity contribution >= 4 is 23.3 Å². The zero-order valence-electron chi connectivity index (χ0n) is 13.0. The molecule has 0 radical (unpaired) electrons. The lowest BCUT2D eigenvalue weighted by atomic mass is 10.3. The molecule has 3 rings (SSSR count). The van der Waals surface area contributed by atoms with Crippen molar-refractivity contribution in [3.8, 4) is 5.75 Å². The number of carbonyl (C=O) groups is 1. The standard InChI is InChI=1S/C17H17ClFN3O2/c18-14-11-13(4-5-15(14)19)24-12-17(23)22-9-7-21(8-10-22)16-3-1-2-6-20-16/h1-6,11H,7-10,12H2/p+1. The molecule has 0 unspecified atom stereocenters. The molecule has 0 atom stereocenters. The van der Waals surface area contributed by atoms with Crippen LogP contribution in [0.5, 0.6) is 5.75 Å². The quantitative estimate of drug-likeness (QED) is 0.847. The van der Waals surface area contributed by atoms with Gasteiger partial charge in [0.15, 0.2) is 6.61 Å². The topological polar surface area (TPSA) is 46.9 Å². The molecule has 1 aliphatic rings. The summed E-state index contributed by atoms with van der Waals surface area (Å²) < 4.78 is 18.5. The highest BCUT2D eigenvalue weighted by Gasteiger charge is 2.26. The highest BCUT2D eigenvalue weighted by Crippen LogP contribution is 2.21. The van der Waals surface area contributed by atoms with Crippen LogP contribution in [0.2, 0.25) is 5.02 Å². The van der Waals surface area contributed by atoms with Crippen LogP contribution in [-0.2, 0) is 4.79 Å². The fourth-order valence-corrected chi connectivity index (χ4v) is 2.75. The van der Waals surface area contributed by atoms with E-state index >= 15 is 0 Å². The van der Waals surface area contributed by atoms with E-state index in [9.17, 15) is 9.18 Å². The van der Waals surface area contributed by atoms with Crippen molar-refractivity contribution in [3.05, 3.63) is 53.4 Å². The number of pyridine rings is 1. The first-order chi connectivity index (χ1) is 11.6. The fraction of sp³-hybridized carbons (Fsp3) is 0.294. The number of benzene rings is 1. The summed E-state index contributed by atoms with van der Waals surface area (Å²) in [5.41, 5.74) is 0. The Morgan fingerprint density at radius 1 is 1.21 bits per heavy atom. The first-order valence-electron chi connectivity index (χ1n) is 7.71. The van der Waals surface area contributed by atoms with Crippen LogP contribution >= 0.6 is 11.6 Å². The minimum Gasteiger partial charge on any atom is -0.484 e. The number of ether oxygens (including phenoxy) is 1. The van der Waals surface area contributed by atoms with Crippen LogP contribution in [0, 0.1) is 5.82 Å². The maximum atomic E-state index is 13.1. The van der Waals surface area contributed by atoms with E-state index in [2.05, 4.69) is 9.88 Å². The van der Waals surface area contributed by atoms with Crippen molar-refractivity contribution in [2.75, 3.05) is 37.7 Å². The lowest BCUT2D eigenvalue weighted by molar-refractivity contribution is -0.364. The van der Waals surface area contributed by atoms with E-state index in [-0.39, 0.29) is 17.5 Å². The molecule has 1 fully saturated rings. The van der Waals surface area contributed by atoms with Crippen molar-refractivity contribution in [3.63, 3.8) is 0 Å². The summed E-state index contributed by atoms with van der Waals surface area (Å²) in [7, 11) is 0. The average molecular weight is 351 g/mol. The van der Waals surface area contributed by atoms with Crippen molar-refractivity contribution in [1.29, 1.82) is 0 Å². The highest BCUT2D eigenvalue weighted by atomic mass is 35.5. The normalized spacial score (nSPS) is 14.6. The third-order valence-corrected chi connectivity index (χ3v) is 4.21. The Hall–Kier alpha value is -2.34. The number of nitrogens with zero attached hydrogens (tertiary/aromatic N) is 2. The predicted octanol–water partition coefficient (Wildman–Crippen LogP) is 2.02. The largest absolute Gasteiger partial charge is 0.484 e. The Morgan fingerprint density at radius 3 is 2.67 bits per heavy atom. The minimum atomic E-state index is -0.510. The van der Waals surface area contributed by atoms with Crippen LogP contribution in [0.3, 0.4) is 0 Å². The second kappa shape index (κ2) is 7.49. The van der Waals surface area contributed by atoms with Gasteiger partial charge in [0.05, 0.1) is 24.3 Å². The second-order valence-corrected chi connectivity index (χ2v) is 5.89. The monoisotopic (exact) mass is 350 g/mol. The Balaban J connectivity index is 1.49. The molecule has 1 amide bonds. The first-order valence-corrected chi connectivity index (χ1v) is 8.08. The molecule has 126 valence electrons. The molecule has 1 saturated heterocycles. The van der Waals surface area contributed by atoms with E-state index in [0.29, 0.717) is 18.8 Å². The number of rotatable bonds is 4. The van der Waals surface area contributed by atoms with E-state index in [4.69, 9.17) is 16.3 Å². The van der Waals surface area contributed by atoms with Gasteiger partial charge in [0, 0.05) is 12.1 Å². The zero-order chi connectivity index (χ0) is 16.9. The number of halogens is 2. The molecule has 1 aliphatic heterocycles. The van der Waals surface area contributed by atoms with Gasteiger partial charge in [0.25, 0.3) is 11.7 Å². The molecule has 0 spiro atoms. The van der Waals surface area contributed by atoms with Gasteiger partial charge in [-0.3, -0.25) is 9.69 Å². The molecule has 0 aliphatic carbocycles. The summed E-state index contributed by atoms with van der Waals surface area (Å²) in [6, 6.07) is 9.97. The summed E-state index contributed by atoms with van der Waals surface area (Å²) in [5.74, 6) is 0.824. The van der Waals surface area contributed by atoms with Crippen LogP contribution in [-0.4, -0.2) is 43.6 Å². The number of anilines is 1. The van der Waals surface area contributed by atoms with Crippen molar-refractivity contribution in [2.24, 2.45) is 0 Å². The number of nitrogens with one attached hydrogen (secondary N) is 1. The molecular weight excluding hydrogens is 333 g/mol. The molecule has 0 saturated carbocycles. The molecule has 5 nitrogen and oxygen atoms in total. The number of amides is 1. The number of carbonyl (C=O) groups excluding carboxylic acids is 1. The molecule has 1 N–H and O–H groups in total. The fourth-order valence-electron chi connectivity index (χ4n) is 2.58. The lowest BCUT2D eigenvalue weighted by Crippen LogP contribution is -2.51. The number of piperazine rings is 1. The van der Waals surface area contributed by atoms with Gasteiger partial charge < -0.3 is 9.64 Å². The molecule has 24 heavy (non-hydrogen) atoms. The van der Waals surface area contributed by atoms with Crippen LogP contribution in [0.1, 0.15) is 0 Å². The summed E-state index contributed by atoms with van der Waals surface area (Å²) in [5, 5.41) is -0.0207. The zero-order valence-corrected chi connectivity index (χ0v) is 13.8. The molecular formula is C17H18ClFN3O2+. The second-order valence-electron chi connectivity index (χ2n) is 5.48. The lowest BCUT2D eigenvalue weighted by Gasteiger charge is -2.30. The number of hydrogen-bond acceptors (Lipinski definition) is 3. The van der Waals surface area contributed by atoms with Gasteiger partial charge in [0.2, 0.25) is 0 Å². The van der Waals surface area contributed by atoms with Crippen LogP contribution in [0.25, 0.3) is 0 Å². The molecule has 1 aromatic heterocycles. The third kappa shape index (κ3) is 3.94. The number of hydrogen-bond donors (Lipinski definition) is 0. The van der Waals surface area contributed by atoms with Crippen molar-refractivity contribution in [1.82, 2.24) is 4.90 Å². The van der Waals surface area contributed by atoms with Gasteiger partial charge in [-0.2, -0.15) is 0 Å². The van der Waals surface area contributed by atoms with Gasteiger partial charge in [0.1, 0.15) is 24.7 Å². The van der Waals surface area contributed by atoms with Crippen LogP contribution in [0.15, 0.2) is 42.6 Å². The van der Waals surface area contributed by atoms with Crippen molar-refractivity contribution in [2.45, 2.75) is 0 Å². The van der Waals surface area contributed by atoms with E-state index < -0.39 is 5.82 Å². The van der Waals surface area contributed by atoms with Gasteiger partial charge in [-0.25, -0.2) is 9.37 Å². The smallest absolute Gasteiger partial charge is 0.274 e. The predicted molar refractivity (Wildman–Crippen MR) is 88.7 cm³/mol. The van der Waals surface area contributed by atoms with Gasteiger partial charge in [-0.1, -0.05) is 17.7 Å². The van der Waals surface area contributed by atoms with E-state index in [1.54, 1.807) is 4.90 Å². The summed E-state index contributed by atoms with van der Waals surface area (Å²) in [6.45, 7) is 2.70.